The largest absolute Gasteiger partial charge is 0.508 e. The number of Topliss-reactive ketones (excluding diaryl/α,β-unsaturated/α-hetero) is 1. The Kier molecular flexibility index (Phi) is 4.91. The molecule has 0 unspecified atom stereocenters. The SMILES string of the molecule is CC.[B]c1cc(C(C)=O)c(F)cc1O. The zero-order chi connectivity index (χ0) is 11.3. The molecule has 1 N–H and O–H groups in total. The minimum absolute atomic E-state index is 0.00148. The van der Waals surface area contributed by atoms with Gasteiger partial charge in [-0.25, -0.2) is 4.39 Å². The fraction of sp³-hybridized carbons (Fsp3) is 0.300. The van der Waals surface area contributed by atoms with Crippen LogP contribution in [-0.2, 0) is 0 Å². The third-order valence-corrected chi connectivity index (χ3v) is 1.50. The van der Waals surface area contributed by atoms with Gasteiger partial charge < -0.3 is 5.11 Å². The zero-order valence-corrected chi connectivity index (χ0v) is 8.47. The fourth-order valence-electron chi connectivity index (χ4n) is 0.849. The van der Waals surface area contributed by atoms with Crippen LogP contribution in [-0.4, -0.2) is 18.7 Å². The van der Waals surface area contributed by atoms with Gasteiger partial charge in [-0.15, -0.1) is 0 Å². The third-order valence-electron chi connectivity index (χ3n) is 1.50. The van der Waals surface area contributed by atoms with E-state index in [0.29, 0.717) is 0 Å². The van der Waals surface area contributed by atoms with Crippen LogP contribution in [0.15, 0.2) is 12.1 Å². The van der Waals surface area contributed by atoms with Crippen molar-refractivity contribution in [3.8, 4) is 5.75 Å². The van der Waals surface area contributed by atoms with E-state index in [0.717, 1.165) is 12.1 Å². The highest BCUT2D eigenvalue weighted by Gasteiger charge is 2.09. The standard InChI is InChI=1S/C8H6BFO2.C2H6/c1-4(11)5-2-6(9)8(12)3-7(5)10;1-2/h2-3,12H,1H3;1-2H3. The van der Waals surface area contributed by atoms with E-state index >= 15 is 0 Å². The summed E-state index contributed by atoms with van der Waals surface area (Å²) >= 11 is 0. The molecular formula is C10H12BFO2. The first kappa shape index (κ1) is 12.7. The fourth-order valence-corrected chi connectivity index (χ4v) is 0.849. The molecule has 0 aliphatic carbocycles. The van der Waals surface area contributed by atoms with Crippen molar-refractivity contribution >= 4 is 19.1 Å². The minimum atomic E-state index is -0.755. The van der Waals surface area contributed by atoms with Crippen LogP contribution in [0.5, 0.6) is 5.75 Å². The van der Waals surface area contributed by atoms with Crippen molar-refractivity contribution < 1.29 is 14.3 Å². The summed E-state index contributed by atoms with van der Waals surface area (Å²) in [6.07, 6.45) is 0. The number of carbonyl (C=O) groups is 1. The topological polar surface area (TPSA) is 37.3 Å². The summed E-state index contributed by atoms with van der Waals surface area (Å²) < 4.78 is 12.8. The van der Waals surface area contributed by atoms with Gasteiger partial charge in [-0.05, 0) is 6.92 Å². The Hall–Kier alpha value is -1.32. The van der Waals surface area contributed by atoms with E-state index in [-0.39, 0.29) is 16.8 Å². The molecular weight excluding hydrogens is 182 g/mol. The van der Waals surface area contributed by atoms with Crippen LogP contribution >= 0.6 is 0 Å². The van der Waals surface area contributed by atoms with Crippen LogP contribution in [0.25, 0.3) is 0 Å². The van der Waals surface area contributed by atoms with Gasteiger partial charge in [0.05, 0.1) is 5.56 Å². The lowest BCUT2D eigenvalue weighted by atomic mass is 9.92. The molecule has 0 aromatic heterocycles. The number of halogens is 1. The lowest BCUT2D eigenvalue weighted by Gasteiger charge is -2.02. The molecule has 1 rings (SSSR count). The van der Waals surface area contributed by atoms with Crippen molar-refractivity contribution in [2.45, 2.75) is 20.8 Å². The average Bonchev–Trinajstić information content (AvgIpc) is 2.14. The summed E-state index contributed by atoms with van der Waals surface area (Å²) in [6, 6.07) is 1.94. The number of benzene rings is 1. The summed E-state index contributed by atoms with van der Waals surface area (Å²) in [5, 5.41) is 8.93. The summed E-state index contributed by atoms with van der Waals surface area (Å²) in [7, 11) is 5.26. The molecule has 74 valence electrons. The molecule has 0 atom stereocenters. The predicted octanol–water partition coefficient (Wildman–Crippen LogP) is 1.55. The van der Waals surface area contributed by atoms with Crippen molar-refractivity contribution in [1.29, 1.82) is 0 Å². The highest BCUT2D eigenvalue weighted by atomic mass is 19.1. The van der Waals surface area contributed by atoms with Crippen molar-refractivity contribution in [3.63, 3.8) is 0 Å². The molecule has 0 aliphatic rings. The summed E-state index contributed by atoms with van der Waals surface area (Å²) in [6.45, 7) is 5.23. The minimum Gasteiger partial charge on any atom is -0.508 e. The Labute approximate surface area is 84.2 Å². The van der Waals surface area contributed by atoms with Gasteiger partial charge in [-0.1, -0.05) is 25.4 Å². The smallest absolute Gasteiger partial charge is 0.162 e. The Morgan fingerprint density at radius 3 is 2.36 bits per heavy atom. The maximum Gasteiger partial charge on any atom is 0.162 e. The van der Waals surface area contributed by atoms with Gasteiger partial charge in [0.15, 0.2) is 5.78 Å². The number of hydrogen-bond acceptors (Lipinski definition) is 2. The van der Waals surface area contributed by atoms with Gasteiger partial charge in [-0.3, -0.25) is 4.79 Å². The lowest BCUT2D eigenvalue weighted by molar-refractivity contribution is 0.101. The van der Waals surface area contributed by atoms with E-state index in [1.165, 1.54) is 6.92 Å². The first-order valence-corrected chi connectivity index (χ1v) is 4.31. The molecule has 0 aliphatic heterocycles. The van der Waals surface area contributed by atoms with Gasteiger partial charge in [0.25, 0.3) is 0 Å². The third kappa shape index (κ3) is 2.87. The van der Waals surface area contributed by atoms with Crippen molar-refractivity contribution in [2.24, 2.45) is 0 Å². The zero-order valence-electron chi connectivity index (χ0n) is 8.47. The Morgan fingerprint density at radius 2 is 1.93 bits per heavy atom. The monoisotopic (exact) mass is 194 g/mol. The van der Waals surface area contributed by atoms with Gasteiger partial charge in [-0.2, -0.15) is 0 Å². The van der Waals surface area contributed by atoms with Crippen LogP contribution < -0.4 is 5.46 Å². The number of ketones is 1. The van der Waals surface area contributed by atoms with E-state index in [1.54, 1.807) is 0 Å². The van der Waals surface area contributed by atoms with E-state index in [2.05, 4.69) is 0 Å². The van der Waals surface area contributed by atoms with Crippen LogP contribution in [0.3, 0.4) is 0 Å². The molecule has 2 radical (unpaired) electrons. The van der Waals surface area contributed by atoms with E-state index in [4.69, 9.17) is 13.0 Å². The quantitative estimate of drug-likeness (QED) is 0.543. The number of phenols is 1. The van der Waals surface area contributed by atoms with Crippen LogP contribution in [0, 0.1) is 5.82 Å². The summed E-state index contributed by atoms with van der Waals surface area (Å²) in [5.41, 5.74) is -0.105. The Bertz CT molecular complexity index is 337. The molecule has 2 nitrogen and oxygen atoms in total. The molecule has 0 heterocycles. The number of hydrogen-bond donors (Lipinski definition) is 1. The number of phenolic OH excluding ortho intramolecular Hbond substituents is 1. The van der Waals surface area contributed by atoms with Crippen molar-refractivity contribution in [2.75, 3.05) is 0 Å². The molecule has 0 amide bonds. The second-order valence-corrected chi connectivity index (χ2v) is 2.45. The number of aromatic hydroxyl groups is 1. The van der Waals surface area contributed by atoms with Gasteiger partial charge in [0.2, 0.25) is 0 Å². The second kappa shape index (κ2) is 5.42. The highest BCUT2D eigenvalue weighted by Crippen LogP contribution is 2.12. The van der Waals surface area contributed by atoms with E-state index in [9.17, 15) is 9.18 Å². The maximum atomic E-state index is 12.8. The Morgan fingerprint density at radius 1 is 1.43 bits per heavy atom. The van der Waals surface area contributed by atoms with Crippen molar-refractivity contribution in [3.05, 3.63) is 23.5 Å². The van der Waals surface area contributed by atoms with Gasteiger partial charge in [0, 0.05) is 6.07 Å². The number of rotatable bonds is 1. The molecule has 1 aromatic carbocycles. The van der Waals surface area contributed by atoms with E-state index < -0.39 is 11.6 Å². The molecule has 0 bridgehead atoms. The summed E-state index contributed by atoms with van der Waals surface area (Å²) in [5.74, 6) is -1.52. The normalized spacial score (nSPS) is 8.86. The van der Waals surface area contributed by atoms with Gasteiger partial charge in [0.1, 0.15) is 19.4 Å². The molecule has 14 heavy (non-hydrogen) atoms. The maximum absolute atomic E-state index is 12.8. The van der Waals surface area contributed by atoms with Crippen LogP contribution in [0.2, 0.25) is 0 Å². The molecule has 0 spiro atoms. The van der Waals surface area contributed by atoms with Crippen molar-refractivity contribution in [1.82, 2.24) is 0 Å². The molecule has 0 saturated heterocycles. The molecule has 0 fully saturated rings. The summed E-state index contributed by atoms with van der Waals surface area (Å²) in [4.78, 5) is 10.8. The average molecular weight is 194 g/mol. The van der Waals surface area contributed by atoms with E-state index in [1.807, 2.05) is 13.8 Å². The van der Waals surface area contributed by atoms with Gasteiger partial charge >= 0.3 is 0 Å². The Balaban J connectivity index is 0.000000791. The molecule has 1 aromatic rings. The highest BCUT2D eigenvalue weighted by molar-refractivity contribution is 6.34. The van der Waals surface area contributed by atoms with Crippen LogP contribution in [0.4, 0.5) is 4.39 Å². The molecule has 4 heteroatoms. The first-order chi connectivity index (χ1) is 6.52. The number of carbonyl (C=O) groups excluding carboxylic acids is 1. The van der Waals surface area contributed by atoms with Crippen LogP contribution in [0.1, 0.15) is 31.1 Å². The first-order valence-electron chi connectivity index (χ1n) is 4.31. The second-order valence-electron chi connectivity index (χ2n) is 2.45. The lowest BCUT2D eigenvalue weighted by Crippen LogP contribution is -2.08. The molecule has 0 saturated carbocycles. The predicted molar refractivity (Wildman–Crippen MR) is 54.8 cm³/mol.